The van der Waals surface area contributed by atoms with Crippen LogP contribution in [0, 0.1) is 6.92 Å². The predicted octanol–water partition coefficient (Wildman–Crippen LogP) is 2.77. The van der Waals surface area contributed by atoms with E-state index in [0.29, 0.717) is 0 Å². The second-order valence-corrected chi connectivity index (χ2v) is 6.39. The van der Waals surface area contributed by atoms with E-state index >= 15 is 0 Å². The number of aryl methyl sites for hydroxylation is 1. The first-order chi connectivity index (χ1) is 11.1. The highest BCUT2D eigenvalue weighted by Crippen LogP contribution is 2.24. The number of rotatable bonds is 3. The Bertz CT molecular complexity index is 688. The number of hydrogen-bond acceptors (Lipinski definition) is 3. The molecule has 1 aromatic carbocycles. The molecule has 1 aliphatic rings. The van der Waals surface area contributed by atoms with Crippen molar-refractivity contribution in [1.82, 2.24) is 20.0 Å². The largest absolute Gasteiger partial charge is 0.336 e. The Kier molecular flexibility index (Phi) is 6.02. The first-order valence-electron chi connectivity index (χ1n) is 8.23. The van der Waals surface area contributed by atoms with Gasteiger partial charge in [0.1, 0.15) is 0 Å². The molecule has 1 fully saturated rings. The molecular weight excluding hydrogens is 324 g/mol. The van der Waals surface area contributed by atoms with Crippen LogP contribution in [0.4, 0.5) is 0 Å². The van der Waals surface area contributed by atoms with Crippen molar-refractivity contribution in [1.29, 1.82) is 0 Å². The van der Waals surface area contributed by atoms with E-state index in [1.807, 2.05) is 21.7 Å². The van der Waals surface area contributed by atoms with Gasteiger partial charge in [-0.05, 0) is 25.0 Å². The topological polar surface area (TPSA) is 50.2 Å². The van der Waals surface area contributed by atoms with Gasteiger partial charge in [-0.15, -0.1) is 12.4 Å². The Morgan fingerprint density at radius 1 is 1.17 bits per heavy atom. The quantitative estimate of drug-likeness (QED) is 0.928. The normalized spacial score (nSPS) is 14.6. The molecule has 0 spiro atoms. The standard InChI is InChI=1S/C18H24N4O.ClH/c1-13(2)17-16(18(23)21-10-8-19-9-11-21)12-20-22(17)15-6-4-14(3)5-7-15;/h4-7,12-13,19H,8-11H2,1-3H3;1H. The smallest absolute Gasteiger partial charge is 0.257 e. The fourth-order valence-electron chi connectivity index (χ4n) is 3.01. The summed E-state index contributed by atoms with van der Waals surface area (Å²) in [5.74, 6) is 0.314. The Balaban J connectivity index is 0.00000208. The van der Waals surface area contributed by atoms with Gasteiger partial charge in [0.15, 0.2) is 0 Å². The highest BCUT2D eigenvalue weighted by molar-refractivity contribution is 5.95. The van der Waals surface area contributed by atoms with Crippen LogP contribution < -0.4 is 5.32 Å². The third-order valence-corrected chi connectivity index (χ3v) is 4.27. The molecule has 1 N–H and O–H groups in total. The van der Waals surface area contributed by atoms with Crippen LogP contribution in [0.25, 0.3) is 5.69 Å². The summed E-state index contributed by atoms with van der Waals surface area (Å²) in [4.78, 5) is 14.8. The maximum Gasteiger partial charge on any atom is 0.257 e. The van der Waals surface area contributed by atoms with Gasteiger partial charge in [0.05, 0.1) is 23.1 Å². The SMILES string of the molecule is Cc1ccc(-n2ncc(C(=O)N3CCNCC3)c2C(C)C)cc1.Cl. The summed E-state index contributed by atoms with van der Waals surface area (Å²) < 4.78 is 1.90. The zero-order valence-corrected chi connectivity index (χ0v) is 15.3. The first-order valence-corrected chi connectivity index (χ1v) is 8.23. The summed E-state index contributed by atoms with van der Waals surface area (Å²) in [6.45, 7) is 9.50. The molecule has 0 bridgehead atoms. The zero-order valence-electron chi connectivity index (χ0n) is 14.5. The van der Waals surface area contributed by atoms with Gasteiger partial charge in [-0.3, -0.25) is 4.79 Å². The Hall–Kier alpha value is -1.85. The lowest BCUT2D eigenvalue weighted by molar-refractivity contribution is 0.0734. The molecule has 24 heavy (non-hydrogen) atoms. The van der Waals surface area contributed by atoms with Crippen molar-refractivity contribution in [3.8, 4) is 5.69 Å². The molecule has 2 heterocycles. The molecule has 1 aliphatic heterocycles. The van der Waals surface area contributed by atoms with Gasteiger partial charge in [0, 0.05) is 26.2 Å². The van der Waals surface area contributed by atoms with Crippen LogP contribution in [0.3, 0.4) is 0 Å². The molecule has 6 heteroatoms. The van der Waals surface area contributed by atoms with Crippen LogP contribution in [0.2, 0.25) is 0 Å². The van der Waals surface area contributed by atoms with Crippen molar-refractivity contribution in [3.63, 3.8) is 0 Å². The summed E-state index contributed by atoms with van der Waals surface area (Å²) in [6, 6.07) is 8.23. The minimum Gasteiger partial charge on any atom is -0.336 e. The lowest BCUT2D eigenvalue weighted by Gasteiger charge is -2.27. The van der Waals surface area contributed by atoms with E-state index in [2.05, 4.69) is 43.3 Å². The van der Waals surface area contributed by atoms with Crippen molar-refractivity contribution in [3.05, 3.63) is 47.3 Å². The molecule has 0 saturated carbocycles. The lowest BCUT2D eigenvalue weighted by atomic mass is 10.0. The van der Waals surface area contributed by atoms with Gasteiger partial charge in [0.25, 0.3) is 5.91 Å². The molecule has 0 radical (unpaired) electrons. The van der Waals surface area contributed by atoms with Gasteiger partial charge in [-0.1, -0.05) is 31.5 Å². The molecule has 130 valence electrons. The van der Waals surface area contributed by atoms with Gasteiger partial charge in [-0.2, -0.15) is 5.10 Å². The summed E-state index contributed by atoms with van der Waals surface area (Å²) in [7, 11) is 0. The van der Waals surface area contributed by atoms with Crippen molar-refractivity contribution in [2.24, 2.45) is 0 Å². The van der Waals surface area contributed by atoms with E-state index < -0.39 is 0 Å². The van der Waals surface area contributed by atoms with Crippen molar-refractivity contribution in [2.75, 3.05) is 26.2 Å². The maximum atomic E-state index is 12.9. The van der Waals surface area contributed by atoms with Gasteiger partial charge >= 0.3 is 0 Å². The van der Waals surface area contributed by atoms with Crippen LogP contribution in [-0.2, 0) is 0 Å². The monoisotopic (exact) mass is 348 g/mol. The number of amides is 1. The highest BCUT2D eigenvalue weighted by Gasteiger charge is 2.25. The zero-order chi connectivity index (χ0) is 16.4. The van der Waals surface area contributed by atoms with Gasteiger partial charge in [0.2, 0.25) is 0 Å². The number of piperazine rings is 1. The average Bonchev–Trinajstić information content (AvgIpc) is 3.01. The van der Waals surface area contributed by atoms with E-state index in [-0.39, 0.29) is 24.2 Å². The van der Waals surface area contributed by atoms with E-state index in [9.17, 15) is 4.79 Å². The fraction of sp³-hybridized carbons (Fsp3) is 0.444. The Labute approximate surface area is 149 Å². The number of aromatic nitrogens is 2. The van der Waals surface area contributed by atoms with Gasteiger partial charge in [-0.25, -0.2) is 4.68 Å². The number of carbonyl (C=O) groups excluding carboxylic acids is 1. The number of nitrogens with one attached hydrogen (secondary N) is 1. The van der Waals surface area contributed by atoms with Crippen LogP contribution in [0.5, 0.6) is 0 Å². The molecule has 1 amide bonds. The molecule has 0 unspecified atom stereocenters. The lowest BCUT2D eigenvalue weighted by Crippen LogP contribution is -2.46. The molecular formula is C18H25ClN4O. The third kappa shape index (κ3) is 3.62. The number of hydrogen-bond donors (Lipinski definition) is 1. The van der Waals surface area contributed by atoms with Gasteiger partial charge < -0.3 is 10.2 Å². The third-order valence-electron chi connectivity index (χ3n) is 4.27. The maximum absolute atomic E-state index is 12.9. The van der Waals surface area contributed by atoms with Crippen LogP contribution in [0.1, 0.15) is 41.4 Å². The summed E-state index contributed by atoms with van der Waals surface area (Å²) in [6.07, 6.45) is 1.72. The molecule has 3 rings (SSSR count). The second-order valence-electron chi connectivity index (χ2n) is 6.39. The summed E-state index contributed by atoms with van der Waals surface area (Å²) in [5.41, 5.74) is 3.92. The predicted molar refractivity (Wildman–Crippen MR) is 98.4 cm³/mol. The fourth-order valence-corrected chi connectivity index (χ4v) is 3.01. The minimum atomic E-state index is 0. The summed E-state index contributed by atoms with van der Waals surface area (Å²) in [5, 5.41) is 7.79. The molecule has 0 atom stereocenters. The van der Waals surface area contributed by atoms with Crippen LogP contribution >= 0.6 is 12.4 Å². The van der Waals surface area contributed by atoms with Crippen LogP contribution in [0.15, 0.2) is 30.5 Å². The molecule has 5 nitrogen and oxygen atoms in total. The minimum absolute atomic E-state index is 0. The number of carbonyl (C=O) groups is 1. The highest BCUT2D eigenvalue weighted by atomic mass is 35.5. The van der Waals surface area contributed by atoms with Crippen LogP contribution in [-0.4, -0.2) is 46.8 Å². The molecule has 2 aromatic rings. The Morgan fingerprint density at radius 3 is 2.38 bits per heavy atom. The number of benzene rings is 1. The number of halogens is 1. The van der Waals surface area contributed by atoms with E-state index in [1.54, 1.807) is 6.20 Å². The Morgan fingerprint density at radius 2 is 1.79 bits per heavy atom. The van der Waals surface area contributed by atoms with E-state index in [4.69, 9.17) is 0 Å². The van der Waals surface area contributed by atoms with E-state index in [0.717, 1.165) is 43.1 Å². The summed E-state index contributed by atoms with van der Waals surface area (Å²) >= 11 is 0. The van der Waals surface area contributed by atoms with Crippen molar-refractivity contribution in [2.45, 2.75) is 26.7 Å². The van der Waals surface area contributed by atoms with Crippen molar-refractivity contribution < 1.29 is 4.79 Å². The first kappa shape index (κ1) is 18.5. The average molecular weight is 349 g/mol. The molecule has 1 aromatic heterocycles. The number of nitrogens with zero attached hydrogens (tertiary/aromatic N) is 3. The van der Waals surface area contributed by atoms with Crippen molar-refractivity contribution >= 4 is 18.3 Å². The van der Waals surface area contributed by atoms with E-state index in [1.165, 1.54) is 5.56 Å². The second kappa shape index (κ2) is 7.81. The molecule has 0 aliphatic carbocycles. The molecule has 1 saturated heterocycles.